The van der Waals surface area contributed by atoms with E-state index in [1.807, 2.05) is 36.4 Å². The number of fused-ring (bicyclic) bond motifs is 1. The average molecular weight is 521 g/mol. The van der Waals surface area contributed by atoms with Crippen molar-refractivity contribution in [3.05, 3.63) is 95.9 Å². The number of ether oxygens (including phenoxy) is 1. The van der Waals surface area contributed by atoms with Crippen molar-refractivity contribution in [2.45, 2.75) is 50.4 Å². The molecule has 3 atom stereocenters. The highest BCUT2D eigenvalue weighted by atomic mass is 35.5. The Balaban J connectivity index is 0.00000320. The van der Waals surface area contributed by atoms with Gasteiger partial charge in [0.15, 0.2) is 5.58 Å². The molecule has 0 bridgehead atoms. The van der Waals surface area contributed by atoms with Gasteiger partial charge in [0.1, 0.15) is 11.3 Å². The lowest BCUT2D eigenvalue weighted by Gasteiger charge is -2.42. The molecule has 0 aliphatic carbocycles. The third-order valence-corrected chi connectivity index (χ3v) is 7.21. The van der Waals surface area contributed by atoms with Gasteiger partial charge in [-0.1, -0.05) is 60.7 Å². The topological polar surface area (TPSA) is 76.5 Å². The third kappa shape index (κ3) is 6.51. The van der Waals surface area contributed by atoms with Crippen LogP contribution in [0.4, 0.5) is 0 Å². The fraction of sp³-hybridized carbons (Fsp3) is 0.367. The van der Waals surface area contributed by atoms with E-state index in [0.717, 1.165) is 55.7 Å². The van der Waals surface area contributed by atoms with Crippen LogP contribution in [0.1, 0.15) is 54.8 Å². The Morgan fingerprint density at radius 2 is 1.81 bits per heavy atom. The molecule has 0 saturated carbocycles. The molecule has 4 aromatic rings. The smallest absolute Gasteiger partial charge is 0.212 e. The molecule has 1 aromatic heterocycles. The summed E-state index contributed by atoms with van der Waals surface area (Å²) in [5.74, 6) is 1.56. The van der Waals surface area contributed by atoms with Crippen LogP contribution < -0.4 is 15.8 Å². The van der Waals surface area contributed by atoms with E-state index in [1.165, 1.54) is 17.5 Å². The third-order valence-electron chi connectivity index (χ3n) is 7.21. The summed E-state index contributed by atoms with van der Waals surface area (Å²) in [5, 5.41) is 3.86. The lowest BCUT2D eigenvalue weighted by Crippen LogP contribution is -2.48. The zero-order valence-corrected chi connectivity index (χ0v) is 22.2. The van der Waals surface area contributed by atoms with Crippen molar-refractivity contribution in [2.75, 3.05) is 20.2 Å². The van der Waals surface area contributed by atoms with E-state index in [2.05, 4.69) is 57.7 Å². The van der Waals surface area contributed by atoms with Gasteiger partial charge in [0.2, 0.25) is 5.89 Å². The van der Waals surface area contributed by atoms with Crippen LogP contribution in [-0.2, 0) is 6.54 Å². The Labute approximate surface area is 225 Å². The number of hydrogen-bond acceptors (Lipinski definition) is 6. The quantitative estimate of drug-likeness (QED) is 0.266. The first-order valence-electron chi connectivity index (χ1n) is 13.0. The van der Waals surface area contributed by atoms with Gasteiger partial charge in [-0.3, -0.25) is 4.90 Å². The first-order chi connectivity index (χ1) is 17.7. The van der Waals surface area contributed by atoms with Gasteiger partial charge in [-0.2, -0.15) is 0 Å². The lowest BCUT2D eigenvalue weighted by atomic mass is 9.89. The van der Waals surface area contributed by atoms with Gasteiger partial charge in [0, 0.05) is 18.2 Å². The summed E-state index contributed by atoms with van der Waals surface area (Å²) in [6.07, 6.45) is 4.14. The number of likely N-dealkylation sites (tertiary alicyclic amines) is 1. The summed E-state index contributed by atoms with van der Waals surface area (Å²) >= 11 is 0. The molecule has 1 fully saturated rings. The fourth-order valence-electron chi connectivity index (χ4n) is 5.40. The number of rotatable bonds is 10. The van der Waals surface area contributed by atoms with Crippen LogP contribution in [0.15, 0.2) is 83.3 Å². The Morgan fingerprint density at radius 1 is 1.05 bits per heavy atom. The van der Waals surface area contributed by atoms with E-state index in [1.54, 1.807) is 7.11 Å². The molecule has 0 radical (unpaired) electrons. The van der Waals surface area contributed by atoms with Crippen LogP contribution in [0.25, 0.3) is 11.1 Å². The Kier molecular flexibility index (Phi) is 9.58. The number of hydrogen-bond donors (Lipinski definition) is 2. The minimum absolute atomic E-state index is 0. The summed E-state index contributed by atoms with van der Waals surface area (Å²) in [4.78, 5) is 7.22. The SMILES string of the molecule is COc1ccccc1CNC1CCCN(CCCC(N)c2nc3ccccc3o2)C1c1ccccc1.Cl. The van der Waals surface area contributed by atoms with E-state index < -0.39 is 0 Å². The molecule has 196 valence electrons. The molecule has 2 heterocycles. The van der Waals surface area contributed by atoms with E-state index in [-0.39, 0.29) is 18.4 Å². The molecule has 5 rings (SSSR count). The monoisotopic (exact) mass is 520 g/mol. The van der Waals surface area contributed by atoms with Crippen molar-refractivity contribution in [2.24, 2.45) is 5.73 Å². The Morgan fingerprint density at radius 3 is 2.62 bits per heavy atom. The van der Waals surface area contributed by atoms with E-state index >= 15 is 0 Å². The maximum absolute atomic E-state index is 6.49. The van der Waals surface area contributed by atoms with Gasteiger partial charge in [-0.15, -0.1) is 12.4 Å². The molecule has 3 unspecified atom stereocenters. The van der Waals surface area contributed by atoms with E-state index in [4.69, 9.17) is 14.9 Å². The number of nitrogens with two attached hydrogens (primary N) is 1. The molecule has 7 heteroatoms. The van der Waals surface area contributed by atoms with Gasteiger partial charge >= 0.3 is 0 Å². The summed E-state index contributed by atoms with van der Waals surface area (Å²) in [6.45, 7) is 2.86. The molecule has 3 N–H and O–H groups in total. The van der Waals surface area contributed by atoms with Crippen LogP contribution in [0.2, 0.25) is 0 Å². The molecule has 0 spiro atoms. The van der Waals surface area contributed by atoms with Crippen molar-refractivity contribution in [3.8, 4) is 5.75 Å². The first kappa shape index (κ1) is 27.1. The highest BCUT2D eigenvalue weighted by molar-refractivity contribution is 5.85. The number of nitrogens with zero attached hydrogens (tertiary/aromatic N) is 2. The van der Waals surface area contributed by atoms with Crippen molar-refractivity contribution in [3.63, 3.8) is 0 Å². The standard InChI is InChI=1S/C30H36N4O2.ClH/c1-35-27-17-7-5-13-23(27)21-32-26-16-10-20-34(29(26)22-11-3-2-4-12-22)19-9-14-24(31)30-33-25-15-6-8-18-28(25)36-30;/h2-8,11-13,15,17-18,24,26,29,32H,9-10,14,16,19-21,31H2,1H3;1H. The van der Waals surface area contributed by atoms with E-state index in [0.29, 0.717) is 18.0 Å². The molecule has 1 aliphatic heterocycles. The van der Waals surface area contributed by atoms with Crippen LogP contribution in [0, 0.1) is 0 Å². The van der Waals surface area contributed by atoms with Crippen molar-refractivity contribution in [1.29, 1.82) is 0 Å². The van der Waals surface area contributed by atoms with Crippen LogP contribution >= 0.6 is 12.4 Å². The minimum atomic E-state index is -0.197. The molecule has 37 heavy (non-hydrogen) atoms. The number of para-hydroxylation sites is 3. The molecular weight excluding hydrogens is 484 g/mol. The van der Waals surface area contributed by atoms with Crippen molar-refractivity contribution in [1.82, 2.24) is 15.2 Å². The van der Waals surface area contributed by atoms with Gasteiger partial charge in [-0.05, 0) is 62.5 Å². The van der Waals surface area contributed by atoms with Gasteiger partial charge < -0.3 is 20.2 Å². The molecule has 3 aromatic carbocycles. The molecule has 1 saturated heterocycles. The average Bonchev–Trinajstić information content (AvgIpc) is 3.37. The molecular formula is C30H37ClN4O2. The number of piperidine rings is 1. The highest BCUT2D eigenvalue weighted by Gasteiger charge is 2.32. The second-order valence-corrected chi connectivity index (χ2v) is 9.60. The maximum atomic E-state index is 6.49. The second kappa shape index (κ2) is 13.1. The minimum Gasteiger partial charge on any atom is -0.496 e. The summed E-state index contributed by atoms with van der Waals surface area (Å²) in [7, 11) is 1.74. The van der Waals surface area contributed by atoms with Gasteiger partial charge in [0.05, 0.1) is 19.2 Å². The highest BCUT2D eigenvalue weighted by Crippen LogP contribution is 2.33. The predicted octanol–water partition coefficient (Wildman–Crippen LogP) is 6.03. The number of oxazole rings is 1. The molecule has 1 aliphatic rings. The maximum Gasteiger partial charge on any atom is 0.212 e. The normalized spacial score (nSPS) is 18.9. The zero-order valence-electron chi connectivity index (χ0n) is 21.4. The number of halogens is 1. The largest absolute Gasteiger partial charge is 0.496 e. The summed E-state index contributed by atoms with van der Waals surface area (Å²) in [6, 6.07) is 27.4. The summed E-state index contributed by atoms with van der Waals surface area (Å²) < 4.78 is 11.5. The molecule has 6 nitrogen and oxygen atoms in total. The van der Waals surface area contributed by atoms with Crippen molar-refractivity contribution < 1.29 is 9.15 Å². The number of aromatic nitrogens is 1. The first-order valence-corrected chi connectivity index (χ1v) is 13.0. The second-order valence-electron chi connectivity index (χ2n) is 9.60. The lowest BCUT2D eigenvalue weighted by molar-refractivity contribution is 0.108. The molecule has 0 amide bonds. The van der Waals surface area contributed by atoms with Gasteiger partial charge in [-0.25, -0.2) is 4.98 Å². The fourth-order valence-corrected chi connectivity index (χ4v) is 5.40. The van der Waals surface area contributed by atoms with Crippen LogP contribution in [0.5, 0.6) is 5.75 Å². The predicted molar refractivity (Wildman–Crippen MR) is 151 cm³/mol. The zero-order chi connectivity index (χ0) is 24.7. The number of methoxy groups -OCH3 is 1. The van der Waals surface area contributed by atoms with Crippen molar-refractivity contribution >= 4 is 23.5 Å². The number of nitrogens with one attached hydrogen (secondary N) is 1. The van der Waals surface area contributed by atoms with E-state index in [9.17, 15) is 0 Å². The van der Waals surface area contributed by atoms with Crippen LogP contribution in [-0.4, -0.2) is 36.1 Å². The van der Waals surface area contributed by atoms with Gasteiger partial charge in [0.25, 0.3) is 0 Å². The van der Waals surface area contributed by atoms with Crippen LogP contribution in [0.3, 0.4) is 0 Å². The Hall–Kier alpha value is -2.90. The summed E-state index contributed by atoms with van der Waals surface area (Å²) in [5.41, 5.74) is 10.7. The Bertz CT molecular complexity index is 1220. The number of benzene rings is 3.